The zero-order valence-electron chi connectivity index (χ0n) is 19.2. The molecule has 8 nitrogen and oxygen atoms in total. The van der Waals surface area contributed by atoms with Crippen LogP contribution in [0.25, 0.3) is 0 Å². The Hall–Kier alpha value is -2.94. The lowest BCUT2D eigenvalue weighted by Crippen LogP contribution is -2.32. The summed E-state index contributed by atoms with van der Waals surface area (Å²) in [5.74, 6) is 1.90. The summed E-state index contributed by atoms with van der Waals surface area (Å²) in [5.41, 5.74) is 1.69. The Labute approximate surface area is 195 Å². The summed E-state index contributed by atoms with van der Waals surface area (Å²) in [6.07, 6.45) is 3.50. The zero-order valence-corrected chi connectivity index (χ0v) is 20.0. The zero-order chi connectivity index (χ0) is 23.7. The molecule has 0 atom stereocenters. The van der Waals surface area contributed by atoms with Crippen LogP contribution < -0.4 is 23.8 Å². The number of aryl methyl sites for hydroxylation is 1. The third-order valence-electron chi connectivity index (χ3n) is 5.18. The minimum atomic E-state index is -3.50. The molecule has 0 aromatic heterocycles. The fourth-order valence-corrected chi connectivity index (χ4v) is 4.54. The van der Waals surface area contributed by atoms with Gasteiger partial charge in [0.05, 0.1) is 18.6 Å². The number of anilines is 1. The van der Waals surface area contributed by atoms with Crippen LogP contribution >= 0.6 is 0 Å². The van der Waals surface area contributed by atoms with E-state index in [2.05, 4.69) is 5.32 Å². The van der Waals surface area contributed by atoms with Gasteiger partial charge in [0.25, 0.3) is 0 Å². The van der Waals surface area contributed by atoms with Gasteiger partial charge in [0.1, 0.15) is 19.0 Å². The highest BCUT2D eigenvalue weighted by atomic mass is 32.2. The van der Waals surface area contributed by atoms with Gasteiger partial charge in [0, 0.05) is 25.6 Å². The number of benzene rings is 2. The van der Waals surface area contributed by atoms with E-state index in [0.717, 1.165) is 24.8 Å². The molecule has 1 N–H and O–H groups in total. The molecule has 0 aliphatic carbocycles. The Morgan fingerprint density at radius 2 is 1.79 bits per heavy atom. The fraction of sp³-hybridized carbons (Fsp3) is 0.458. The first-order valence-electron chi connectivity index (χ1n) is 11.2. The standard InChI is InChI=1S/C24H32N2O6S/c1-3-30-21-11-8-19(9-12-21)6-4-14-25-24(27)7-5-15-26(33(2,28)29)20-10-13-22-23(18-20)32-17-16-31-22/h8-13,18H,3-7,14-17H2,1-2H3,(H,25,27). The van der Waals surface area contributed by atoms with Crippen LogP contribution in [0.15, 0.2) is 42.5 Å². The molecule has 180 valence electrons. The van der Waals surface area contributed by atoms with Crippen LogP contribution in [0.1, 0.15) is 31.7 Å². The molecule has 1 aliphatic rings. The van der Waals surface area contributed by atoms with Crippen LogP contribution in [0.2, 0.25) is 0 Å². The third kappa shape index (κ3) is 7.56. The van der Waals surface area contributed by atoms with Crippen molar-refractivity contribution in [2.45, 2.75) is 32.6 Å². The number of rotatable bonds is 12. The fourth-order valence-electron chi connectivity index (χ4n) is 3.58. The summed E-state index contributed by atoms with van der Waals surface area (Å²) in [7, 11) is -3.50. The minimum Gasteiger partial charge on any atom is -0.494 e. The normalized spacial score (nSPS) is 12.8. The molecule has 0 saturated heterocycles. The quantitative estimate of drug-likeness (QED) is 0.473. The van der Waals surface area contributed by atoms with Gasteiger partial charge in [-0.1, -0.05) is 12.1 Å². The van der Waals surface area contributed by atoms with Crippen LogP contribution in [0.5, 0.6) is 17.2 Å². The van der Waals surface area contributed by atoms with E-state index in [0.29, 0.717) is 50.0 Å². The second-order valence-corrected chi connectivity index (χ2v) is 9.70. The number of carbonyl (C=O) groups is 1. The van der Waals surface area contributed by atoms with E-state index in [1.54, 1.807) is 18.2 Å². The molecule has 1 heterocycles. The van der Waals surface area contributed by atoms with Gasteiger partial charge in [-0.2, -0.15) is 0 Å². The lowest BCUT2D eigenvalue weighted by molar-refractivity contribution is -0.121. The first kappa shape index (κ1) is 24.7. The van der Waals surface area contributed by atoms with E-state index in [9.17, 15) is 13.2 Å². The molecule has 33 heavy (non-hydrogen) atoms. The Morgan fingerprint density at radius 1 is 1.06 bits per heavy atom. The maximum absolute atomic E-state index is 12.3. The highest BCUT2D eigenvalue weighted by molar-refractivity contribution is 7.92. The van der Waals surface area contributed by atoms with Crippen molar-refractivity contribution in [3.8, 4) is 17.2 Å². The van der Waals surface area contributed by atoms with Crippen molar-refractivity contribution >= 4 is 21.6 Å². The molecule has 3 rings (SSSR count). The first-order valence-corrected chi connectivity index (χ1v) is 13.1. The van der Waals surface area contributed by atoms with E-state index in [4.69, 9.17) is 14.2 Å². The second kappa shape index (κ2) is 11.8. The predicted molar refractivity (Wildman–Crippen MR) is 128 cm³/mol. The summed E-state index contributed by atoms with van der Waals surface area (Å²) in [4.78, 5) is 12.2. The summed E-state index contributed by atoms with van der Waals surface area (Å²) < 4.78 is 42.4. The van der Waals surface area contributed by atoms with Crippen molar-refractivity contribution in [3.05, 3.63) is 48.0 Å². The number of hydrogen-bond donors (Lipinski definition) is 1. The molecule has 0 unspecified atom stereocenters. The number of sulfonamides is 1. The van der Waals surface area contributed by atoms with Crippen LogP contribution in [-0.4, -0.2) is 53.5 Å². The number of hydrogen-bond acceptors (Lipinski definition) is 6. The molecule has 0 fully saturated rings. The largest absolute Gasteiger partial charge is 0.494 e. The smallest absolute Gasteiger partial charge is 0.232 e. The molecule has 0 spiro atoms. The van der Waals surface area contributed by atoms with Gasteiger partial charge in [0.2, 0.25) is 15.9 Å². The van der Waals surface area contributed by atoms with E-state index in [1.807, 2.05) is 31.2 Å². The average molecular weight is 477 g/mol. The predicted octanol–water partition coefficient (Wildman–Crippen LogP) is 3.15. The monoisotopic (exact) mass is 476 g/mol. The van der Waals surface area contributed by atoms with E-state index < -0.39 is 10.0 Å². The molecule has 1 amide bonds. The van der Waals surface area contributed by atoms with E-state index >= 15 is 0 Å². The lowest BCUT2D eigenvalue weighted by Gasteiger charge is -2.25. The molecule has 2 aromatic carbocycles. The number of carbonyl (C=O) groups excluding carboxylic acids is 1. The van der Waals surface area contributed by atoms with Crippen LogP contribution in [-0.2, 0) is 21.2 Å². The summed E-state index contributed by atoms with van der Waals surface area (Å²) in [6.45, 7) is 4.27. The van der Waals surface area contributed by atoms with Gasteiger partial charge in [-0.15, -0.1) is 0 Å². The Kier molecular flexibility index (Phi) is 8.82. The van der Waals surface area contributed by atoms with E-state index in [-0.39, 0.29) is 18.9 Å². The van der Waals surface area contributed by atoms with Gasteiger partial charge in [-0.25, -0.2) is 8.42 Å². The molecule has 2 aromatic rings. The summed E-state index contributed by atoms with van der Waals surface area (Å²) >= 11 is 0. The van der Waals surface area contributed by atoms with E-state index in [1.165, 1.54) is 9.87 Å². The van der Waals surface area contributed by atoms with Crippen molar-refractivity contribution in [3.63, 3.8) is 0 Å². The maximum atomic E-state index is 12.3. The van der Waals surface area contributed by atoms with Crippen molar-refractivity contribution in [2.24, 2.45) is 0 Å². The van der Waals surface area contributed by atoms with Crippen molar-refractivity contribution in [1.29, 1.82) is 0 Å². The number of nitrogens with zero attached hydrogens (tertiary/aromatic N) is 1. The topological polar surface area (TPSA) is 94.2 Å². The van der Waals surface area contributed by atoms with Gasteiger partial charge in [0.15, 0.2) is 11.5 Å². The number of nitrogens with one attached hydrogen (secondary N) is 1. The van der Waals surface area contributed by atoms with Crippen molar-refractivity contribution in [2.75, 3.05) is 43.5 Å². The van der Waals surface area contributed by atoms with Gasteiger partial charge in [-0.05, 0) is 56.0 Å². The van der Waals surface area contributed by atoms with Crippen LogP contribution in [0.4, 0.5) is 5.69 Å². The SMILES string of the molecule is CCOc1ccc(CCCNC(=O)CCCN(c2ccc3c(c2)OCCO3)S(C)(=O)=O)cc1. The molecular weight excluding hydrogens is 444 g/mol. The van der Waals surface area contributed by atoms with Gasteiger partial charge in [-0.3, -0.25) is 9.10 Å². The van der Waals surface area contributed by atoms with Gasteiger partial charge < -0.3 is 19.5 Å². The molecule has 0 saturated carbocycles. The Morgan fingerprint density at radius 3 is 2.48 bits per heavy atom. The highest BCUT2D eigenvalue weighted by Crippen LogP contribution is 2.34. The maximum Gasteiger partial charge on any atom is 0.232 e. The van der Waals surface area contributed by atoms with Crippen LogP contribution in [0.3, 0.4) is 0 Å². The van der Waals surface area contributed by atoms with Crippen molar-refractivity contribution < 1.29 is 27.4 Å². The minimum absolute atomic E-state index is 0.0858. The van der Waals surface area contributed by atoms with Crippen molar-refractivity contribution in [1.82, 2.24) is 5.32 Å². The van der Waals surface area contributed by atoms with Gasteiger partial charge >= 0.3 is 0 Å². The Bertz CT molecular complexity index is 1020. The number of amides is 1. The first-order chi connectivity index (χ1) is 15.9. The molecular formula is C24H32N2O6S. The highest BCUT2D eigenvalue weighted by Gasteiger charge is 2.21. The molecule has 0 radical (unpaired) electrons. The number of fused-ring (bicyclic) bond motifs is 1. The lowest BCUT2D eigenvalue weighted by atomic mass is 10.1. The molecule has 0 bridgehead atoms. The summed E-state index contributed by atoms with van der Waals surface area (Å²) in [5, 5.41) is 2.91. The molecule has 9 heteroatoms. The second-order valence-electron chi connectivity index (χ2n) is 7.80. The number of ether oxygens (including phenoxy) is 3. The third-order valence-corrected chi connectivity index (χ3v) is 6.37. The molecule has 1 aliphatic heterocycles. The van der Waals surface area contributed by atoms with Crippen LogP contribution in [0, 0.1) is 0 Å². The average Bonchev–Trinajstić information content (AvgIpc) is 2.80. The summed E-state index contributed by atoms with van der Waals surface area (Å²) in [6, 6.07) is 13.0. The Balaban J connectivity index is 1.42.